The molecule has 0 aromatic heterocycles. The van der Waals surface area contributed by atoms with Crippen LogP contribution in [0.1, 0.15) is 26.7 Å². The molecule has 0 spiro atoms. The van der Waals surface area contributed by atoms with E-state index in [1.165, 1.54) is 0 Å². The van der Waals surface area contributed by atoms with Gasteiger partial charge >= 0.3 is 12.1 Å². The average molecular weight is 157 g/mol. The van der Waals surface area contributed by atoms with E-state index < -0.39 is 0 Å². The summed E-state index contributed by atoms with van der Waals surface area (Å²) in [6.45, 7) is 3.91. The summed E-state index contributed by atoms with van der Waals surface area (Å²) >= 11 is 0. The summed E-state index contributed by atoms with van der Waals surface area (Å²) in [6.07, 6.45) is 2.49. The number of hydrogen-bond acceptors (Lipinski definition) is 3. The van der Waals surface area contributed by atoms with Gasteiger partial charge in [-0.1, -0.05) is 13.8 Å². The van der Waals surface area contributed by atoms with E-state index in [2.05, 4.69) is 4.98 Å². The van der Waals surface area contributed by atoms with Gasteiger partial charge in [-0.15, -0.1) is 0 Å². The van der Waals surface area contributed by atoms with Gasteiger partial charge in [0, 0.05) is 0 Å². The quantitative estimate of drug-likeness (QED) is 0.503. The largest absolute Gasteiger partial charge is 0.476 e. The van der Waals surface area contributed by atoms with Gasteiger partial charge < -0.3 is 9.84 Å². The maximum absolute atomic E-state index is 8.87. The normalized spacial score (nSPS) is 11.3. The third-order valence-electron chi connectivity index (χ3n) is 1.37. The predicted octanol–water partition coefficient (Wildman–Crippen LogP) is 2.40. The van der Waals surface area contributed by atoms with Crippen molar-refractivity contribution in [1.82, 2.24) is 0 Å². The first-order chi connectivity index (χ1) is 5.24. The van der Waals surface area contributed by atoms with Crippen molar-refractivity contribution in [3.05, 3.63) is 17.1 Å². The van der Waals surface area contributed by atoms with Crippen LogP contribution in [0.3, 0.4) is 0 Å². The molecule has 0 bridgehead atoms. The van der Waals surface area contributed by atoms with Crippen LogP contribution in [0.15, 0.2) is 12.1 Å². The maximum Gasteiger partial charge on any atom is 0.429 e. The summed E-state index contributed by atoms with van der Waals surface area (Å²) in [5, 5.41) is 16.9. The Labute approximate surface area is 66.1 Å². The van der Waals surface area contributed by atoms with E-state index in [4.69, 9.17) is 15.2 Å². The molecule has 0 unspecified atom stereocenters. The molecule has 0 aromatic carbocycles. The minimum atomic E-state index is -0.346. The number of ether oxygens (including phenoxy) is 1. The van der Waals surface area contributed by atoms with Crippen LogP contribution in [-0.4, -0.2) is 11.2 Å². The Kier molecular flexibility index (Phi) is 4.91. The third kappa shape index (κ3) is 4.20. The SMILES string of the molecule is CCC(CC)O/C(O)=C/[N+]#N. The number of rotatable bonds is 4. The topological polar surface area (TPSA) is 57.6 Å². The standard InChI is InChI=1S/C7H12N2O2/c1-3-6(4-2)11-7(10)5-9-8/h5-6H,3-4H2,1-2H3/p+1/b7-5+. The molecule has 4 heteroatoms. The van der Waals surface area contributed by atoms with Crippen LogP contribution in [0.25, 0.3) is 4.98 Å². The van der Waals surface area contributed by atoms with Gasteiger partial charge in [0.2, 0.25) is 5.39 Å². The number of hydrogen-bond donors (Lipinski definition) is 1. The first kappa shape index (κ1) is 9.76. The average Bonchev–Trinajstić information content (AvgIpc) is 2.01. The number of diazo groups is 1. The van der Waals surface area contributed by atoms with Crippen molar-refractivity contribution < 1.29 is 9.84 Å². The van der Waals surface area contributed by atoms with Gasteiger partial charge in [-0.25, -0.2) is 0 Å². The van der Waals surface area contributed by atoms with E-state index in [-0.39, 0.29) is 12.0 Å². The predicted molar refractivity (Wildman–Crippen MR) is 41.3 cm³/mol. The minimum absolute atomic E-state index is 0.00648. The molecule has 0 aliphatic heterocycles. The first-order valence-corrected chi connectivity index (χ1v) is 3.64. The Morgan fingerprint density at radius 3 is 2.55 bits per heavy atom. The van der Waals surface area contributed by atoms with Crippen molar-refractivity contribution in [2.24, 2.45) is 0 Å². The summed E-state index contributed by atoms with van der Waals surface area (Å²) in [5.41, 5.74) is 0. The highest BCUT2D eigenvalue weighted by Gasteiger charge is 2.08. The smallest absolute Gasteiger partial charge is 0.429 e. The molecule has 0 radical (unpaired) electrons. The van der Waals surface area contributed by atoms with E-state index in [9.17, 15) is 0 Å². The number of nitrogens with zero attached hydrogens (tertiary/aromatic N) is 2. The van der Waals surface area contributed by atoms with E-state index in [1.54, 1.807) is 0 Å². The summed E-state index contributed by atoms with van der Waals surface area (Å²) < 4.78 is 4.95. The fourth-order valence-corrected chi connectivity index (χ4v) is 0.706. The van der Waals surface area contributed by atoms with Gasteiger partial charge in [-0.3, -0.25) is 0 Å². The maximum atomic E-state index is 8.87. The van der Waals surface area contributed by atoms with Crippen LogP contribution < -0.4 is 0 Å². The Morgan fingerprint density at radius 2 is 2.18 bits per heavy atom. The highest BCUT2D eigenvalue weighted by Crippen LogP contribution is 2.06. The van der Waals surface area contributed by atoms with Crippen molar-refractivity contribution >= 4 is 0 Å². The van der Waals surface area contributed by atoms with Crippen LogP contribution in [-0.2, 0) is 4.74 Å². The highest BCUT2D eigenvalue weighted by molar-refractivity contribution is 4.88. The molecule has 0 rings (SSSR count). The molecule has 62 valence electrons. The summed E-state index contributed by atoms with van der Waals surface area (Å²) in [7, 11) is 0. The molecule has 0 saturated carbocycles. The van der Waals surface area contributed by atoms with Gasteiger partial charge in [-0.05, 0) is 12.8 Å². The molecule has 11 heavy (non-hydrogen) atoms. The highest BCUT2D eigenvalue weighted by atomic mass is 16.6. The second kappa shape index (κ2) is 5.54. The van der Waals surface area contributed by atoms with Crippen LogP contribution in [0.5, 0.6) is 0 Å². The lowest BCUT2D eigenvalue weighted by Crippen LogP contribution is -2.09. The molecule has 0 aromatic rings. The van der Waals surface area contributed by atoms with Gasteiger partial charge in [-0.2, -0.15) is 0 Å². The van der Waals surface area contributed by atoms with Crippen LogP contribution in [0.2, 0.25) is 0 Å². The molecule has 1 N–H and O–H groups in total. The Morgan fingerprint density at radius 1 is 1.64 bits per heavy atom. The molecule has 0 aliphatic rings. The van der Waals surface area contributed by atoms with Gasteiger partial charge in [0.05, 0.1) is 0 Å². The fraction of sp³-hybridized carbons (Fsp3) is 0.714. The third-order valence-corrected chi connectivity index (χ3v) is 1.37. The molecule has 0 aliphatic carbocycles. The van der Waals surface area contributed by atoms with Gasteiger partial charge in [0.25, 0.3) is 0 Å². The summed E-state index contributed by atoms with van der Waals surface area (Å²) in [4.78, 5) is 2.62. The molecular weight excluding hydrogens is 144 g/mol. The lowest BCUT2D eigenvalue weighted by Gasteiger charge is -2.11. The van der Waals surface area contributed by atoms with Crippen molar-refractivity contribution in [2.75, 3.05) is 0 Å². The van der Waals surface area contributed by atoms with Crippen molar-refractivity contribution in [3.63, 3.8) is 0 Å². The summed E-state index contributed by atoms with van der Waals surface area (Å²) in [5.74, 6) is -0.346. The molecule has 0 saturated heterocycles. The van der Waals surface area contributed by atoms with Gasteiger partial charge in [0.1, 0.15) is 6.10 Å². The molecule has 0 amide bonds. The monoisotopic (exact) mass is 157 g/mol. The second-order valence-electron chi connectivity index (χ2n) is 2.14. The zero-order valence-electron chi connectivity index (χ0n) is 6.82. The van der Waals surface area contributed by atoms with Crippen molar-refractivity contribution in [2.45, 2.75) is 32.8 Å². The fourth-order valence-electron chi connectivity index (χ4n) is 0.706. The van der Waals surface area contributed by atoms with Crippen molar-refractivity contribution in [1.29, 1.82) is 5.39 Å². The van der Waals surface area contributed by atoms with E-state index in [0.717, 1.165) is 19.0 Å². The Hall–Kier alpha value is -1.24. The molecule has 0 atom stereocenters. The zero-order chi connectivity index (χ0) is 8.69. The lowest BCUT2D eigenvalue weighted by atomic mass is 10.2. The number of aliphatic hydroxyl groups excluding tert-OH is 1. The van der Waals surface area contributed by atoms with Crippen molar-refractivity contribution in [3.8, 4) is 0 Å². The number of aliphatic hydroxyl groups is 1. The molecule has 0 fully saturated rings. The molecule has 0 heterocycles. The van der Waals surface area contributed by atoms with E-state index in [0.29, 0.717) is 0 Å². The molecule has 4 nitrogen and oxygen atoms in total. The Balaban J connectivity index is 3.83. The van der Waals surface area contributed by atoms with Gasteiger partial charge in [0.15, 0.2) is 4.98 Å². The Bertz CT molecular complexity index is 168. The van der Waals surface area contributed by atoms with E-state index in [1.807, 2.05) is 13.8 Å². The van der Waals surface area contributed by atoms with Crippen LogP contribution >= 0.6 is 0 Å². The summed E-state index contributed by atoms with van der Waals surface area (Å²) in [6, 6.07) is 0. The minimum Gasteiger partial charge on any atom is -0.476 e. The van der Waals surface area contributed by atoms with Crippen LogP contribution in [0, 0.1) is 5.39 Å². The molecular formula is C7H13N2O2+. The lowest BCUT2D eigenvalue weighted by molar-refractivity contribution is 0.0284. The zero-order valence-corrected chi connectivity index (χ0v) is 6.82. The second-order valence-corrected chi connectivity index (χ2v) is 2.14. The van der Waals surface area contributed by atoms with E-state index >= 15 is 0 Å². The first-order valence-electron chi connectivity index (χ1n) is 3.64. The van der Waals surface area contributed by atoms with Crippen LogP contribution in [0.4, 0.5) is 0 Å².